The summed E-state index contributed by atoms with van der Waals surface area (Å²) >= 11 is 0. The molecular formula is C9H17FN2. The molecule has 2 nitrogen and oxygen atoms in total. The summed E-state index contributed by atoms with van der Waals surface area (Å²) in [5.41, 5.74) is 0. The van der Waals surface area contributed by atoms with E-state index in [2.05, 4.69) is 10.2 Å². The van der Waals surface area contributed by atoms with E-state index in [0.717, 1.165) is 26.1 Å². The van der Waals surface area contributed by atoms with Gasteiger partial charge in [-0.1, -0.05) is 0 Å². The summed E-state index contributed by atoms with van der Waals surface area (Å²) in [4.78, 5) is 2.32. The number of alkyl halides is 1. The van der Waals surface area contributed by atoms with Crippen LogP contribution >= 0.6 is 0 Å². The number of halogens is 1. The van der Waals surface area contributed by atoms with Crippen LogP contribution in [0.25, 0.3) is 0 Å². The van der Waals surface area contributed by atoms with Crippen molar-refractivity contribution in [3.63, 3.8) is 0 Å². The monoisotopic (exact) mass is 172 g/mol. The third-order valence-corrected chi connectivity index (χ3v) is 2.98. The van der Waals surface area contributed by atoms with Crippen molar-refractivity contribution in [3.05, 3.63) is 0 Å². The highest BCUT2D eigenvalue weighted by Gasteiger charge is 2.31. The van der Waals surface area contributed by atoms with Crippen molar-refractivity contribution in [2.24, 2.45) is 0 Å². The molecule has 0 aromatic heterocycles. The van der Waals surface area contributed by atoms with Crippen LogP contribution in [0.15, 0.2) is 0 Å². The second-order valence-corrected chi connectivity index (χ2v) is 3.82. The first-order valence-corrected chi connectivity index (χ1v) is 4.97. The van der Waals surface area contributed by atoms with Crippen molar-refractivity contribution in [1.29, 1.82) is 0 Å². The normalized spacial score (nSPS) is 38.8. The standard InChI is InChI=1S/C9H17FN2/c10-8-7-11-4-3-9(8)12-5-1-2-6-12/h8-9,11H,1-7H2/t8-,9-/m0/s1. The Balaban J connectivity index is 1.91. The molecule has 0 bridgehead atoms. The predicted octanol–water partition coefficient (Wildman–Crippen LogP) is 0.782. The van der Waals surface area contributed by atoms with E-state index in [1.807, 2.05) is 0 Å². The SMILES string of the molecule is F[C@H]1CNCC[C@@H]1N1CCCC1. The molecule has 12 heavy (non-hydrogen) atoms. The minimum absolute atomic E-state index is 0.216. The minimum atomic E-state index is -0.642. The Morgan fingerprint density at radius 1 is 1.25 bits per heavy atom. The Labute approximate surface area is 73.1 Å². The van der Waals surface area contributed by atoms with Gasteiger partial charge in [0.25, 0.3) is 0 Å². The fourth-order valence-corrected chi connectivity index (χ4v) is 2.29. The number of piperidine rings is 1. The van der Waals surface area contributed by atoms with Crippen molar-refractivity contribution in [2.45, 2.75) is 31.5 Å². The fourth-order valence-electron chi connectivity index (χ4n) is 2.29. The molecule has 0 aliphatic carbocycles. The van der Waals surface area contributed by atoms with E-state index in [4.69, 9.17) is 0 Å². The van der Waals surface area contributed by atoms with Gasteiger partial charge in [-0.3, -0.25) is 4.90 Å². The van der Waals surface area contributed by atoms with Gasteiger partial charge in [-0.2, -0.15) is 0 Å². The Kier molecular flexibility index (Phi) is 2.61. The Hall–Kier alpha value is -0.150. The van der Waals surface area contributed by atoms with Crippen LogP contribution < -0.4 is 5.32 Å². The van der Waals surface area contributed by atoms with Gasteiger partial charge in [-0.05, 0) is 38.9 Å². The summed E-state index contributed by atoms with van der Waals surface area (Å²) in [6.45, 7) is 3.78. The van der Waals surface area contributed by atoms with Gasteiger partial charge in [0, 0.05) is 12.6 Å². The van der Waals surface area contributed by atoms with Gasteiger partial charge in [0.1, 0.15) is 6.17 Å². The molecule has 0 aromatic rings. The van der Waals surface area contributed by atoms with E-state index in [-0.39, 0.29) is 6.04 Å². The number of hydrogen-bond acceptors (Lipinski definition) is 2. The summed E-state index contributed by atoms with van der Waals surface area (Å²) in [6, 6.07) is 0.216. The van der Waals surface area contributed by atoms with Gasteiger partial charge in [-0.15, -0.1) is 0 Å². The van der Waals surface area contributed by atoms with Crippen LogP contribution in [-0.2, 0) is 0 Å². The molecule has 0 aromatic carbocycles. The van der Waals surface area contributed by atoms with Gasteiger partial charge in [-0.25, -0.2) is 4.39 Å². The van der Waals surface area contributed by atoms with Crippen molar-refractivity contribution in [1.82, 2.24) is 10.2 Å². The number of rotatable bonds is 1. The van der Waals surface area contributed by atoms with Gasteiger partial charge < -0.3 is 5.32 Å². The van der Waals surface area contributed by atoms with Crippen LogP contribution in [0.1, 0.15) is 19.3 Å². The molecule has 0 saturated carbocycles. The summed E-state index contributed by atoms with van der Waals surface area (Å²) in [6.07, 6.45) is 2.87. The van der Waals surface area contributed by atoms with Crippen LogP contribution in [0.5, 0.6) is 0 Å². The molecule has 2 fully saturated rings. The van der Waals surface area contributed by atoms with Gasteiger partial charge in [0.2, 0.25) is 0 Å². The molecule has 0 radical (unpaired) electrons. The average molecular weight is 172 g/mol. The summed E-state index contributed by atoms with van der Waals surface area (Å²) < 4.78 is 13.4. The van der Waals surface area contributed by atoms with E-state index >= 15 is 0 Å². The maximum absolute atomic E-state index is 13.4. The van der Waals surface area contributed by atoms with Crippen LogP contribution in [0.3, 0.4) is 0 Å². The van der Waals surface area contributed by atoms with E-state index < -0.39 is 6.17 Å². The highest BCUT2D eigenvalue weighted by molar-refractivity contribution is 4.87. The van der Waals surface area contributed by atoms with Gasteiger partial charge >= 0.3 is 0 Å². The average Bonchev–Trinajstić information content (AvgIpc) is 2.57. The molecule has 2 aliphatic heterocycles. The van der Waals surface area contributed by atoms with Crippen molar-refractivity contribution in [3.8, 4) is 0 Å². The molecule has 1 N–H and O–H groups in total. The maximum atomic E-state index is 13.4. The lowest BCUT2D eigenvalue weighted by molar-refractivity contribution is 0.104. The zero-order valence-electron chi connectivity index (χ0n) is 7.43. The third kappa shape index (κ3) is 1.62. The summed E-state index contributed by atoms with van der Waals surface area (Å²) in [5.74, 6) is 0. The van der Waals surface area contributed by atoms with Crippen LogP contribution in [0.2, 0.25) is 0 Å². The van der Waals surface area contributed by atoms with Crippen molar-refractivity contribution in [2.75, 3.05) is 26.2 Å². The zero-order valence-corrected chi connectivity index (χ0v) is 7.43. The summed E-state index contributed by atoms with van der Waals surface area (Å²) in [7, 11) is 0. The highest BCUT2D eigenvalue weighted by atomic mass is 19.1. The van der Waals surface area contributed by atoms with Gasteiger partial charge in [0.05, 0.1) is 0 Å². The second-order valence-electron chi connectivity index (χ2n) is 3.82. The molecule has 3 heteroatoms. The molecule has 0 amide bonds. The molecular weight excluding hydrogens is 155 g/mol. The lowest BCUT2D eigenvalue weighted by atomic mass is 10.0. The highest BCUT2D eigenvalue weighted by Crippen LogP contribution is 2.20. The second kappa shape index (κ2) is 3.71. The van der Waals surface area contributed by atoms with E-state index in [9.17, 15) is 4.39 Å². The van der Waals surface area contributed by atoms with E-state index in [1.165, 1.54) is 12.8 Å². The lowest BCUT2D eigenvalue weighted by Crippen LogP contribution is -2.50. The predicted molar refractivity (Wildman–Crippen MR) is 47.0 cm³/mol. The summed E-state index contributed by atoms with van der Waals surface area (Å²) in [5, 5.41) is 3.09. The fraction of sp³-hybridized carbons (Fsp3) is 1.00. The Morgan fingerprint density at radius 2 is 2.00 bits per heavy atom. The molecule has 2 heterocycles. The Morgan fingerprint density at radius 3 is 2.67 bits per heavy atom. The van der Waals surface area contributed by atoms with Crippen LogP contribution in [-0.4, -0.2) is 43.3 Å². The quantitative estimate of drug-likeness (QED) is 0.629. The number of hydrogen-bond donors (Lipinski definition) is 1. The van der Waals surface area contributed by atoms with Gasteiger partial charge in [0.15, 0.2) is 0 Å². The smallest absolute Gasteiger partial charge is 0.128 e. The maximum Gasteiger partial charge on any atom is 0.128 e. The number of nitrogens with zero attached hydrogens (tertiary/aromatic N) is 1. The zero-order chi connectivity index (χ0) is 8.39. The molecule has 2 aliphatic rings. The topological polar surface area (TPSA) is 15.3 Å². The molecule has 70 valence electrons. The number of nitrogens with one attached hydrogen (secondary N) is 1. The van der Waals surface area contributed by atoms with Crippen LogP contribution in [0, 0.1) is 0 Å². The minimum Gasteiger partial charge on any atom is -0.314 e. The van der Waals surface area contributed by atoms with Crippen molar-refractivity contribution >= 4 is 0 Å². The first-order chi connectivity index (χ1) is 5.88. The first kappa shape index (κ1) is 8.45. The largest absolute Gasteiger partial charge is 0.314 e. The van der Waals surface area contributed by atoms with Crippen molar-refractivity contribution < 1.29 is 4.39 Å². The third-order valence-electron chi connectivity index (χ3n) is 2.98. The number of likely N-dealkylation sites (tertiary alicyclic amines) is 1. The van der Waals surface area contributed by atoms with E-state index in [0.29, 0.717) is 6.54 Å². The molecule has 2 saturated heterocycles. The first-order valence-electron chi connectivity index (χ1n) is 4.97. The Bertz CT molecular complexity index is 145. The molecule has 0 spiro atoms. The van der Waals surface area contributed by atoms with Crippen LogP contribution in [0.4, 0.5) is 4.39 Å². The lowest BCUT2D eigenvalue weighted by Gasteiger charge is -2.33. The molecule has 0 unspecified atom stereocenters. The molecule has 2 rings (SSSR count). The van der Waals surface area contributed by atoms with E-state index in [1.54, 1.807) is 0 Å². The molecule has 2 atom stereocenters.